The highest BCUT2D eigenvalue weighted by Gasteiger charge is 2.43. The van der Waals surface area contributed by atoms with Gasteiger partial charge in [-0.05, 0) is 83.3 Å². The molecule has 8 rings (SSSR count). The summed E-state index contributed by atoms with van der Waals surface area (Å²) in [5.74, 6) is -1.46. The smallest absolute Gasteiger partial charge is 0.266 e. The quantitative estimate of drug-likeness (QED) is 0.111. The molecule has 2 unspecified atom stereocenters. The van der Waals surface area contributed by atoms with E-state index in [9.17, 15) is 19.2 Å². The van der Waals surface area contributed by atoms with Gasteiger partial charge in [-0.25, -0.2) is 9.80 Å². The molecule has 4 heterocycles. The van der Waals surface area contributed by atoms with Gasteiger partial charge in [-0.1, -0.05) is 53.7 Å². The summed E-state index contributed by atoms with van der Waals surface area (Å²) in [5.41, 5.74) is 3.01. The number of rotatable bonds is 12. The van der Waals surface area contributed by atoms with Crippen LogP contribution < -0.4 is 19.3 Å². The summed E-state index contributed by atoms with van der Waals surface area (Å²) in [5, 5.41) is 0.592. The van der Waals surface area contributed by atoms with Crippen LogP contribution >= 0.6 is 0 Å². The Morgan fingerprint density at radius 1 is 0.577 bits per heavy atom. The van der Waals surface area contributed by atoms with Gasteiger partial charge in [0, 0.05) is 33.0 Å². The highest BCUT2D eigenvalue weighted by atomic mass is 16.6. The Balaban J connectivity index is 1.23. The molecule has 4 aromatic rings. The van der Waals surface area contributed by atoms with E-state index in [1.165, 1.54) is 0 Å². The lowest BCUT2D eigenvalue weighted by Gasteiger charge is -2.34. The Bertz CT molecular complexity index is 1970. The van der Waals surface area contributed by atoms with E-state index in [1.807, 2.05) is 24.3 Å². The molecular weight excluding hydrogens is 660 g/mol. The van der Waals surface area contributed by atoms with E-state index < -0.39 is 23.6 Å². The van der Waals surface area contributed by atoms with E-state index in [1.54, 1.807) is 36.4 Å². The molecule has 268 valence electrons. The predicted molar refractivity (Wildman–Crippen MR) is 196 cm³/mol. The first-order valence-corrected chi connectivity index (χ1v) is 18.0. The van der Waals surface area contributed by atoms with E-state index in [0.717, 1.165) is 33.8 Å². The molecule has 2 fully saturated rings. The van der Waals surface area contributed by atoms with Gasteiger partial charge in [-0.2, -0.15) is 0 Å². The number of ether oxygens (including phenoxy) is 4. The van der Waals surface area contributed by atoms with E-state index in [-0.39, 0.29) is 45.3 Å². The van der Waals surface area contributed by atoms with Crippen LogP contribution in [0.2, 0.25) is 0 Å². The fourth-order valence-electron chi connectivity index (χ4n) is 6.88. The van der Waals surface area contributed by atoms with E-state index in [4.69, 9.17) is 18.9 Å². The van der Waals surface area contributed by atoms with Gasteiger partial charge in [0.15, 0.2) is 0 Å². The van der Waals surface area contributed by atoms with Crippen molar-refractivity contribution in [1.29, 1.82) is 0 Å². The van der Waals surface area contributed by atoms with E-state index in [2.05, 4.69) is 41.5 Å². The number of nitrogens with zero attached hydrogens (tertiary/aromatic N) is 2. The van der Waals surface area contributed by atoms with E-state index >= 15 is 0 Å². The van der Waals surface area contributed by atoms with Crippen LogP contribution in [0.1, 0.15) is 107 Å². The van der Waals surface area contributed by atoms with E-state index in [0.29, 0.717) is 60.1 Å². The molecule has 0 saturated carbocycles. The summed E-state index contributed by atoms with van der Waals surface area (Å²) in [7, 11) is 0. The van der Waals surface area contributed by atoms with Crippen molar-refractivity contribution in [3.05, 3.63) is 94.0 Å². The summed E-state index contributed by atoms with van der Waals surface area (Å²) in [6.45, 7) is 14.4. The number of benzene rings is 4. The molecule has 10 nitrogen and oxygen atoms in total. The van der Waals surface area contributed by atoms with Gasteiger partial charge in [0.25, 0.3) is 23.6 Å². The van der Waals surface area contributed by atoms with Gasteiger partial charge in [0.2, 0.25) is 0 Å². The minimum atomic E-state index is -0.560. The van der Waals surface area contributed by atoms with Crippen molar-refractivity contribution in [2.75, 3.05) is 36.2 Å². The molecule has 4 aliphatic rings. The molecule has 0 radical (unpaired) electrons. The minimum absolute atomic E-state index is 0.0330. The van der Waals surface area contributed by atoms with Crippen molar-refractivity contribution >= 4 is 45.8 Å². The number of hydrogen-bond donors (Lipinski definition) is 0. The highest BCUT2D eigenvalue weighted by Crippen LogP contribution is 2.45. The maximum absolute atomic E-state index is 14.5. The minimum Gasteiger partial charge on any atom is -0.489 e. The molecule has 4 aliphatic heterocycles. The molecule has 4 aromatic carbocycles. The van der Waals surface area contributed by atoms with Crippen LogP contribution in [-0.2, 0) is 20.3 Å². The first-order chi connectivity index (χ1) is 24.8. The molecule has 0 bridgehead atoms. The second-order valence-electron chi connectivity index (χ2n) is 15.3. The molecule has 0 spiro atoms. The van der Waals surface area contributed by atoms with Gasteiger partial charge < -0.3 is 18.9 Å². The Hall–Kier alpha value is -5.06. The van der Waals surface area contributed by atoms with Gasteiger partial charge in [-0.15, -0.1) is 0 Å². The van der Waals surface area contributed by atoms with Crippen LogP contribution in [0.4, 0.5) is 11.4 Å². The summed E-state index contributed by atoms with van der Waals surface area (Å²) < 4.78 is 22.9. The Labute approximate surface area is 302 Å². The predicted octanol–water partition coefficient (Wildman–Crippen LogP) is 7.37. The van der Waals surface area contributed by atoms with Crippen LogP contribution in [0.15, 0.2) is 60.7 Å². The first-order valence-electron chi connectivity index (χ1n) is 18.0. The number of anilines is 2. The number of carbonyl (C=O) groups is 4. The molecule has 2 saturated heterocycles. The lowest BCUT2D eigenvalue weighted by Crippen LogP contribution is -2.44. The summed E-state index contributed by atoms with van der Waals surface area (Å²) in [6, 6.07) is 17.6. The third-order valence-corrected chi connectivity index (χ3v) is 11.3. The lowest BCUT2D eigenvalue weighted by atomic mass is 9.81. The normalized spacial score (nSPS) is 19.4. The fraction of sp³-hybridized carbons (Fsp3) is 0.381. The van der Waals surface area contributed by atoms with Crippen molar-refractivity contribution in [1.82, 2.24) is 0 Å². The average Bonchev–Trinajstić information content (AvgIpc) is 4.08. The number of imide groups is 2. The van der Waals surface area contributed by atoms with Gasteiger partial charge in [0.1, 0.15) is 36.9 Å². The number of amides is 4. The molecule has 4 amide bonds. The third-order valence-electron chi connectivity index (χ3n) is 11.3. The SMILES string of the molecule is CCC(C)(C)c1ccc(OCC2CO2)c(N2C(=O)c3ccc4c5c(ccc(c35)C2=O)C(=O)N(c2cc(C(C)(C)CC)ccc2OCC2CO2)C4=O)c1. The number of carbonyl (C=O) groups excluding carboxylic acids is 4. The molecule has 0 aliphatic carbocycles. The van der Waals surface area contributed by atoms with Gasteiger partial charge in [0.05, 0.1) is 24.6 Å². The molecule has 2 atom stereocenters. The monoisotopic (exact) mass is 702 g/mol. The van der Waals surface area contributed by atoms with Crippen LogP contribution in [0.3, 0.4) is 0 Å². The molecule has 10 heteroatoms. The Morgan fingerprint density at radius 3 is 1.19 bits per heavy atom. The maximum atomic E-state index is 14.5. The fourth-order valence-corrected chi connectivity index (χ4v) is 6.88. The van der Waals surface area contributed by atoms with Crippen molar-refractivity contribution in [3.8, 4) is 11.5 Å². The summed E-state index contributed by atoms with van der Waals surface area (Å²) in [4.78, 5) is 60.2. The molecule has 0 aromatic heterocycles. The zero-order valence-electron chi connectivity index (χ0n) is 30.3. The Morgan fingerprint density at radius 2 is 0.904 bits per heavy atom. The largest absolute Gasteiger partial charge is 0.489 e. The molecular formula is C42H42N2O8. The standard InChI is InChI=1S/C42H42N2O8/c1-7-41(3,4)23-9-15-33(51-21-25-19-49-25)31(17-23)43-37(45)27-11-13-29-36-30(14-12-28(35(27)36)38(43)46)40(48)44(39(29)47)32-18-24(42(5,6)8-2)10-16-34(32)52-22-26-20-50-26/h9-18,25-26H,7-8,19-22H2,1-6H3. The van der Waals surface area contributed by atoms with Gasteiger partial charge >= 0.3 is 0 Å². The molecule has 0 N–H and O–H groups in total. The summed E-state index contributed by atoms with van der Waals surface area (Å²) in [6.07, 6.45) is 1.60. The van der Waals surface area contributed by atoms with Crippen LogP contribution in [0.25, 0.3) is 10.8 Å². The van der Waals surface area contributed by atoms with Crippen LogP contribution in [-0.4, -0.2) is 62.3 Å². The Kier molecular flexibility index (Phi) is 8.04. The zero-order valence-corrected chi connectivity index (χ0v) is 30.3. The zero-order chi connectivity index (χ0) is 36.7. The topological polar surface area (TPSA) is 118 Å². The number of epoxide rings is 2. The second-order valence-corrected chi connectivity index (χ2v) is 15.3. The van der Waals surface area contributed by atoms with Crippen LogP contribution in [0.5, 0.6) is 11.5 Å². The van der Waals surface area contributed by atoms with Crippen molar-refractivity contribution in [2.45, 2.75) is 77.4 Å². The highest BCUT2D eigenvalue weighted by molar-refractivity contribution is 6.42. The average molecular weight is 703 g/mol. The van der Waals surface area contributed by atoms with Crippen molar-refractivity contribution < 1.29 is 38.1 Å². The van der Waals surface area contributed by atoms with Crippen LogP contribution in [0, 0.1) is 0 Å². The molecule has 52 heavy (non-hydrogen) atoms. The maximum Gasteiger partial charge on any atom is 0.266 e. The van der Waals surface area contributed by atoms with Crippen molar-refractivity contribution in [2.24, 2.45) is 0 Å². The number of hydrogen-bond acceptors (Lipinski definition) is 8. The lowest BCUT2D eigenvalue weighted by molar-refractivity contribution is 0.0871. The van der Waals surface area contributed by atoms with Gasteiger partial charge in [-0.3, -0.25) is 19.2 Å². The first kappa shape index (κ1) is 34.0. The third kappa shape index (κ3) is 5.56. The second kappa shape index (κ2) is 12.3. The summed E-state index contributed by atoms with van der Waals surface area (Å²) >= 11 is 0. The van der Waals surface area contributed by atoms with Crippen molar-refractivity contribution in [3.63, 3.8) is 0 Å².